The third-order valence-corrected chi connectivity index (χ3v) is 3.11. The first-order valence-corrected chi connectivity index (χ1v) is 6.23. The van der Waals surface area contributed by atoms with Crippen LogP contribution in [0.1, 0.15) is 5.56 Å². The van der Waals surface area contributed by atoms with Crippen LogP contribution in [-0.4, -0.2) is 12.2 Å². The molecule has 0 fully saturated rings. The topological polar surface area (TPSA) is 51.8 Å². The van der Waals surface area contributed by atoms with Gasteiger partial charge in [0.05, 0.1) is 13.4 Å². The Labute approximate surface area is 116 Å². The molecule has 0 spiro atoms. The first-order chi connectivity index (χ1) is 9.78. The van der Waals surface area contributed by atoms with Gasteiger partial charge in [0.1, 0.15) is 18.1 Å². The molecule has 0 unspecified atom stereocenters. The largest absolute Gasteiger partial charge is 0.504 e. The first-order valence-electron chi connectivity index (χ1n) is 6.23. The van der Waals surface area contributed by atoms with Gasteiger partial charge in [0.25, 0.3) is 0 Å². The first kappa shape index (κ1) is 12.4. The average molecular weight is 270 g/mol. The minimum absolute atomic E-state index is 0.137. The van der Waals surface area contributed by atoms with Crippen LogP contribution >= 0.6 is 0 Å². The zero-order chi connectivity index (χ0) is 13.9. The van der Waals surface area contributed by atoms with Gasteiger partial charge in [0, 0.05) is 10.9 Å². The van der Waals surface area contributed by atoms with Crippen LogP contribution in [-0.2, 0) is 6.61 Å². The molecule has 3 rings (SSSR count). The number of furan rings is 1. The minimum Gasteiger partial charge on any atom is -0.504 e. The quantitative estimate of drug-likeness (QED) is 0.785. The molecular formula is C16H14O4. The van der Waals surface area contributed by atoms with Gasteiger partial charge >= 0.3 is 0 Å². The summed E-state index contributed by atoms with van der Waals surface area (Å²) in [6, 6.07) is 12.6. The third-order valence-electron chi connectivity index (χ3n) is 3.11. The lowest BCUT2D eigenvalue weighted by molar-refractivity contribution is 0.305. The Hall–Kier alpha value is -2.62. The lowest BCUT2D eigenvalue weighted by Gasteiger charge is -2.06. The van der Waals surface area contributed by atoms with Gasteiger partial charge in [-0.1, -0.05) is 12.1 Å². The summed E-state index contributed by atoms with van der Waals surface area (Å²) in [7, 11) is 1.62. The molecule has 0 aliphatic rings. The SMILES string of the molecule is COc1ccc(OCc2coc3c(O)cccc23)cc1. The highest BCUT2D eigenvalue weighted by molar-refractivity contribution is 5.85. The Morgan fingerprint density at radius 1 is 1.05 bits per heavy atom. The molecule has 0 amide bonds. The van der Waals surface area contributed by atoms with Crippen LogP contribution in [0.5, 0.6) is 17.2 Å². The van der Waals surface area contributed by atoms with E-state index >= 15 is 0 Å². The summed E-state index contributed by atoms with van der Waals surface area (Å²) < 4.78 is 16.1. The molecule has 2 aromatic carbocycles. The van der Waals surface area contributed by atoms with Gasteiger partial charge in [-0.3, -0.25) is 0 Å². The van der Waals surface area contributed by atoms with Crippen LogP contribution in [0, 0.1) is 0 Å². The number of phenolic OH excluding ortho intramolecular Hbond substituents is 1. The van der Waals surface area contributed by atoms with Crippen LogP contribution in [0.4, 0.5) is 0 Å². The van der Waals surface area contributed by atoms with Gasteiger partial charge in [-0.05, 0) is 30.3 Å². The lowest BCUT2D eigenvalue weighted by atomic mass is 10.2. The van der Waals surface area contributed by atoms with Crippen molar-refractivity contribution >= 4 is 11.0 Å². The van der Waals surface area contributed by atoms with E-state index in [0.717, 1.165) is 22.4 Å². The Morgan fingerprint density at radius 3 is 2.55 bits per heavy atom. The number of methoxy groups -OCH3 is 1. The number of fused-ring (bicyclic) bond motifs is 1. The van der Waals surface area contributed by atoms with E-state index in [1.54, 1.807) is 25.5 Å². The smallest absolute Gasteiger partial charge is 0.175 e. The summed E-state index contributed by atoms with van der Waals surface area (Å²) in [5.41, 5.74) is 1.38. The summed E-state index contributed by atoms with van der Waals surface area (Å²) in [6.07, 6.45) is 1.61. The number of para-hydroxylation sites is 1. The van der Waals surface area contributed by atoms with Crippen molar-refractivity contribution in [1.29, 1.82) is 0 Å². The summed E-state index contributed by atoms with van der Waals surface area (Å²) >= 11 is 0. The number of phenols is 1. The van der Waals surface area contributed by atoms with Crippen molar-refractivity contribution in [1.82, 2.24) is 0 Å². The lowest BCUT2D eigenvalue weighted by Crippen LogP contribution is -1.94. The molecule has 1 heterocycles. The summed E-state index contributed by atoms with van der Waals surface area (Å²) in [5, 5.41) is 10.5. The molecule has 0 aliphatic carbocycles. The van der Waals surface area contributed by atoms with Crippen LogP contribution in [0.3, 0.4) is 0 Å². The van der Waals surface area contributed by atoms with Crippen molar-refractivity contribution in [3.05, 3.63) is 54.3 Å². The van der Waals surface area contributed by atoms with Crippen molar-refractivity contribution in [3.63, 3.8) is 0 Å². The number of hydrogen-bond donors (Lipinski definition) is 1. The van der Waals surface area contributed by atoms with E-state index in [1.165, 1.54) is 0 Å². The molecule has 0 saturated heterocycles. The Morgan fingerprint density at radius 2 is 1.80 bits per heavy atom. The fraction of sp³-hybridized carbons (Fsp3) is 0.125. The predicted molar refractivity (Wildman–Crippen MR) is 75.2 cm³/mol. The number of hydrogen-bond acceptors (Lipinski definition) is 4. The number of rotatable bonds is 4. The van der Waals surface area contributed by atoms with Gasteiger partial charge in [-0.25, -0.2) is 0 Å². The average Bonchev–Trinajstić information content (AvgIpc) is 2.90. The fourth-order valence-electron chi connectivity index (χ4n) is 2.04. The van der Waals surface area contributed by atoms with E-state index in [0.29, 0.717) is 12.2 Å². The van der Waals surface area contributed by atoms with Gasteiger partial charge in [-0.15, -0.1) is 0 Å². The summed E-state index contributed by atoms with van der Waals surface area (Å²) in [4.78, 5) is 0. The Balaban J connectivity index is 1.78. The maximum absolute atomic E-state index is 9.68. The van der Waals surface area contributed by atoms with E-state index in [-0.39, 0.29) is 5.75 Å². The molecule has 0 saturated carbocycles. The molecule has 0 atom stereocenters. The van der Waals surface area contributed by atoms with Crippen molar-refractivity contribution < 1.29 is 19.0 Å². The number of ether oxygens (including phenoxy) is 2. The molecule has 4 heteroatoms. The maximum atomic E-state index is 9.68. The zero-order valence-corrected chi connectivity index (χ0v) is 11.0. The second-order valence-electron chi connectivity index (χ2n) is 4.38. The highest BCUT2D eigenvalue weighted by Crippen LogP contribution is 2.29. The molecule has 3 aromatic rings. The molecular weight excluding hydrogens is 256 g/mol. The third kappa shape index (κ3) is 2.28. The second kappa shape index (κ2) is 5.17. The van der Waals surface area contributed by atoms with Crippen LogP contribution < -0.4 is 9.47 Å². The predicted octanol–water partition coefficient (Wildman–Crippen LogP) is 3.73. The standard InChI is InChI=1S/C16H14O4/c1-18-12-5-7-13(8-6-12)19-9-11-10-20-16-14(11)3-2-4-15(16)17/h2-8,10,17H,9H2,1H3. The number of benzene rings is 2. The van der Waals surface area contributed by atoms with Crippen LogP contribution in [0.2, 0.25) is 0 Å². The van der Waals surface area contributed by atoms with E-state index < -0.39 is 0 Å². The monoisotopic (exact) mass is 270 g/mol. The van der Waals surface area contributed by atoms with E-state index in [4.69, 9.17) is 13.9 Å². The Kier molecular flexibility index (Phi) is 3.21. The van der Waals surface area contributed by atoms with Crippen molar-refractivity contribution in [2.45, 2.75) is 6.61 Å². The van der Waals surface area contributed by atoms with Crippen LogP contribution in [0.15, 0.2) is 53.1 Å². The summed E-state index contributed by atoms with van der Waals surface area (Å²) in [5.74, 6) is 1.68. The van der Waals surface area contributed by atoms with Crippen molar-refractivity contribution in [3.8, 4) is 17.2 Å². The van der Waals surface area contributed by atoms with Crippen molar-refractivity contribution in [2.75, 3.05) is 7.11 Å². The second-order valence-corrected chi connectivity index (χ2v) is 4.38. The van der Waals surface area contributed by atoms with E-state index in [1.807, 2.05) is 30.3 Å². The molecule has 1 aromatic heterocycles. The molecule has 102 valence electrons. The Bertz CT molecular complexity index is 713. The molecule has 0 radical (unpaired) electrons. The highest BCUT2D eigenvalue weighted by atomic mass is 16.5. The van der Waals surface area contributed by atoms with Crippen LogP contribution in [0.25, 0.3) is 11.0 Å². The van der Waals surface area contributed by atoms with Gasteiger partial charge < -0.3 is 19.0 Å². The maximum Gasteiger partial charge on any atom is 0.175 e. The van der Waals surface area contributed by atoms with Crippen molar-refractivity contribution in [2.24, 2.45) is 0 Å². The fourth-order valence-corrected chi connectivity index (χ4v) is 2.04. The van der Waals surface area contributed by atoms with Gasteiger partial charge in [0.15, 0.2) is 11.3 Å². The van der Waals surface area contributed by atoms with E-state index in [2.05, 4.69) is 0 Å². The summed E-state index contributed by atoms with van der Waals surface area (Å²) in [6.45, 7) is 0.378. The number of aromatic hydroxyl groups is 1. The van der Waals surface area contributed by atoms with Gasteiger partial charge in [-0.2, -0.15) is 0 Å². The van der Waals surface area contributed by atoms with E-state index in [9.17, 15) is 5.11 Å². The molecule has 4 nitrogen and oxygen atoms in total. The highest BCUT2D eigenvalue weighted by Gasteiger charge is 2.09. The molecule has 20 heavy (non-hydrogen) atoms. The minimum atomic E-state index is 0.137. The molecule has 1 N–H and O–H groups in total. The molecule has 0 bridgehead atoms. The molecule has 0 aliphatic heterocycles. The normalized spacial score (nSPS) is 10.7. The zero-order valence-electron chi connectivity index (χ0n) is 11.0. The van der Waals surface area contributed by atoms with Gasteiger partial charge in [0.2, 0.25) is 0 Å².